The fraction of sp³-hybridized carbons (Fsp3) is 0.435. The van der Waals surface area contributed by atoms with E-state index in [-0.39, 0.29) is 18.4 Å². The number of nitrogens with one attached hydrogen (secondary N) is 2. The van der Waals surface area contributed by atoms with E-state index in [1.54, 1.807) is 23.4 Å². The predicted molar refractivity (Wildman–Crippen MR) is 121 cm³/mol. The summed E-state index contributed by atoms with van der Waals surface area (Å²) in [5.74, 6) is 1.59. The molecule has 0 radical (unpaired) electrons. The first-order valence-corrected chi connectivity index (χ1v) is 11.2. The van der Waals surface area contributed by atoms with E-state index in [1.807, 2.05) is 17.0 Å². The number of fused-ring (bicyclic) bond motifs is 1. The third kappa shape index (κ3) is 4.79. The normalized spacial score (nSPS) is 24.0. The summed E-state index contributed by atoms with van der Waals surface area (Å²) >= 11 is 0. The molecule has 33 heavy (non-hydrogen) atoms. The van der Waals surface area contributed by atoms with Crippen LogP contribution in [0.25, 0.3) is 6.08 Å². The Hall–Kier alpha value is -3.56. The van der Waals surface area contributed by atoms with Crippen LogP contribution in [0.5, 0.6) is 0 Å². The summed E-state index contributed by atoms with van der Waals surface area (Å²) in [6.45, 7) is 3.43. The van der Waals surface area contributed by atoms with Crippen LogP contribution in [0, 0.1) is 23.6 Å². The van der Waals surface area contributed by atoms with Gasteiger partial charge in [-0.15, -0.1) is 0 Å². The Labute approximate surface area is 191 Å². The number of anilines is 2. The third-order valence-electron chi connectivity index (χ3n) is 6.59. The Balaban J connectivity index is 1.09. The number of halogens is 1. The highest BCUT2D eigenvalue weighted by atomic mass is 19.1. The molecule has 2 N–H and O–H groups in total. The molecule has 5 rings (SSSR count). The topological polar surface area (TPSA) is 103 Å². The molecule has 1 saturated carbocycles. The molecule has 0 bridgehead atoms. The van der Waals surface area contributed by atoms with Crippen molar-refractivity contribution < 1.29 is 14.0 Å². The highest BCUT2D eigenvalue weighted by Gasteiger charge is 2.55. The van der Waals surface area contributed by atoms with Crippen LogP contribution in [0.15, 0.2) is 36.8 Å². The van der Waals surface area contributed by atoms with Gasteiger partial charge in [-0.3, -0.25) is 14.6 Å². The lowest BCUT2D eigenvalue weighted by Crippen LogP contribution is -2.48. The van der Waals surface area contributed by atoms with Crippen molar-refractivity contribution in [1.29, 1.82) is 0 Å². The maximum atomic E-state index is 14.5. The molecule has 3 fully saturated rings. The standard InChI is InChI=1S/C23H26FN7O2/c24-19-11-28-23(30-9-8-27-21(33)14-30)29-22(19)31-12-17-16(18(17)13-31)5-7-26-20(32)4-3-15-2-1-6-25-10-15/h1-4,6,10-11,16-18H,5,7-9,12-14H2,(H,26,32)(H,27,33)/b4-3+. The molecule has 2 saturated heterocycles. The van der Waals surface area contributed by atoms with Crippen LogP contribution in [-0.2, 0) is 9.59 Å². The highest BCUT2D eigenvalue weighted by Crippen LogP contribution is 2.54. The molecule has 2 unspecified atom stereocenters. The second-order valence-corrected chi connectivity index (χ2v) is 8.71. The number of hydrogen-bond donors (Lipinski definition) is 2. The van der Waals surface area contributed by atoms with Crippen LogP contribution >= 0.6 is 0 Å². The Kier molecular flexibility index (Phi) is 5.89. The quantitative estimate of drug-likeness (QED) is 0.602. The smallest absolute Gasteiger partial charge is 0.244 e. The fourth-order valence-corrected chi connectivity index (χ4v) is 4.85. The van der Waals surface area contributed by atoms with E-state index in [2.05, 4.69) is 25.6 Å². The van der Waals surface area contributed by atoms with E-state index in [0.29, 0.717) is 49.2 Å². The first kappa shape index (κ1) is 21.3. The molecule has 10 heteroatoms. The molecule has 9 nitrogen and oxygen atoms in total. The van der Waals surface area contributed by atoms with Gasteiger partial charge in [0.25, 0.3) is 0 Å². The molecule has 2 atom stereocenters. The van der Waals surface area contributed by atoms with Gasteiger partial charge >= 0.3 is 0 Å². The molecule has 172 valence electrons. The zero-order valence-corrected chi connectivity index (χ0v) is 18.2. The molecule has 2 aromatic rings. The van der Waals surface area contributed by atoms with Gasteiger partial charge in [-0.05, 0) is 41.9 Å². The van der Waals surface area contributed by atoms with Crippen LogP contribution in [0.4, 0.5) is 16.2 Å². The number of carbonyl (C=O) groups is 2. The Morgan fingerprint density at radius 1 is 1.27 bits per heavy atom. The average molecular weight is 452 g/mol. The molecule has 1 aliphatic carbocycles. The molecule has 2 aliphatic heterocycles. The Bertz CT molecular complexity index is 1050. The lowest BCUT2D eigenvalue weighted by Gasteiger charge is -2.28. The summed E-state index contributed by atoms with van der Waals surface area (Å²) < 4.78 is 14.5. The van der Waals surface area contributed by atoms with Crippen LogP contribution in [0.3, 0.4) is 0 Å². The molecule has 3 aliphatic rings. The third-order valence-corrected chi connectivity index (χ3v) is 6.59. The number of aromatic nitrogens is 3. The van der Waals surface area contributed by atoms with Crippen LogP contribution in [0.2, 0.25) is 0 Å². The predicted octanol–water partition coefficient (Wildman–Crippen LogP) is 0.849. The van der Waals surface area contributed by atoms with Crippen molar-refractivity contribution in [3.8, 4) is 0 Å². The van der Waals surface area contributed by atoms with Gasteiger partial charge in [0.1, 0.15) is 0 Å². The maximum absolute atomic E-state index is 14.5. The van der Waals surface area contributed by atoms with Crippen molar-refractivity contribution in [2.45, 2.75) is 6.42 Å². The van der Waals surface area contributed by atoms with Gasteiger partial charge in [-0.25, -0.2) is 9.37 Å². The van der Waals surface area contributed by atoms with E-state index in [4.69, 9.17) is 0 Å². The fourth-order valence-electron chi connectivity index (χ4n) is 4.85. The summed E-state index contributed by atoms with van der Waals surface area (Å²) in [5, 5.41) is 5.70. The molecule has 0 spiro atoms. The number of hydrogen-bond acceptors (Lipinski definition) is 7. The minimum absolute atomic E-state index is 0.0827. The zero-order chi connectivity index (χ0) is 22.8. The van der Waals surface area contributed by atoms with Gasteiger partial charge in [-0.2, -0.15) is 4.98 Å². The van der Waals surface area contributed by atoms with Gasteiger partial charge in [-0.1, -0.05) is 6.07 Å². The summed E-state index contributed by atoms with van der Waals surface area (Å²) in [6.07, 6.45) is 8.77. The molecular weight excluding hydrogens is 425 g/mol. The molecular formula is C23H26FN7O2. The molecule has 2 aromatic heterocycles. The monoisotopic (exact) mass is 451 g/mol. The van der Waals surface area contributed by atoms with Crippen molar-refractivity contribution in [2.75, 3.05) is 49.1 Å². The number of amides is 2. The number of pyridine rings is 1. The molecule has 4 heterocycles. The van der Waals surface area contributed by atoms with Crippen LogP contribution in [-0.4, -0.2) is 66.0 Å². The lowest BCUT2D eigenvalue weighted by atomic mass is 10.2. The van der Waals surface area contributed by atoms with Crippen molar-refractivity contribution in [2.24, 2.45) is 17.8 Å². The Morgan fingerprint density at radius 3 is 2.88 bits per heavy atom. The summed E-state index contributed by atoms with van der Waals surface area (Å²) in [7, 11) is 0. The van der Waals surface area contributed by atoms with Gasteiger partial charge in [0.2, 0.25) is 17.8 Å². The Morgan fingerprint density at radius 2 is 2.12 bits per heavy atom. The SMILES string of the molecule is O=C(/C=C/c1cccnc1)NCCC1C2CN(c3nc(N4CCNC(=O)C4)ncc3F)CC12. The van der Waals surface area contributed by atoms with E-state index < -0.39 is 5.82 Å². The molecule has 2 amide bonds. The first-order chi connectivity index (χ1) is 16.1. The van der Waals surface area contributed by atoms with E-state index in [1.165, 1.54) is 12.3 Å². The molecule has 0 aromatic carbocycles. The number of piperidine rings is 1. The second-order valence-electron chi connectivity index (χ2n) is 8.71. The van der Waals surface area contributed by atoms with Crippen LogP contribution < -0.4 is 20.4 Å². The number of nitrogens with zero attached hydrogens (tertiary/aromatic N) is 5. The summed E-state index contributed by atoms with van der Waals surface area (Å²) in [5.41, 5.74) is 0.883. The van der Waals surface area contributed by atoms with Gasteiger partial charge in [0.15, 0.2) is 11.6 Å². The van der Waals surface area contributed by atoms with E-state index >= 15 is 0 Å². The summed E-state index contributed by atoms with van der Waals surface area (Å²) in [4.78, 5) is 39.9. The summed E-state index contributed by atoms with van der Waals surface area (Å²) in [6, 6.07) is 3.72. The average Bonchev–Trinajstić information content (AvgIpc) is 3.27. The second kappa shape index (κ2) is 9.13. The maximum Gasteiger partial charge on any atom is 0.244 e. The van der Waals surface area contributed by atoms with Gasteiger partial charge < -0.3 is 20.4 Å². The minimum Gasteiger partial charge on any atom is -0.353 e. The highest BCUT2D eigenvalue weighted by molar-refractivity contribution is 5.91. The number of carbonyl (C=O) groups excluding carboxylic acids is 2. The van der Waals surface area contributed by atoms with E-state index in [9.17, 15) is 14.0 Å². The van der Waals surface area contributed by atoms with Gasteiger partial charge in [0.05, 0.1) is 12.7 Å². The van der Waals surface area contributed by atoms with Crippen molar-refractivity contribution in [3.63, 3.8) is 0 Å². The van der Waals surface area contributed by atoms with E-state index in [0.717, 1.165) is 25.1 Å². The number of piperazine rings is 1. The van der Waals surface area contributed by atoms with Gasteiger partial charge in [0, 0.05) is 51.2 Å². The number of rotatable bonds is 7. The van der Waals surface area contributed by atoms with Crippen molar-refractivity contribution in [1.82, 2.24) is 25.6 Å². The largest absolute Gasteiger partial charge is 0.353 e. The van der Waals surface area contributed by atoms with Crippen LogP contribution in [0.1, 0.15) is 12.0 Å². The zero-order valence-electron chi connectivity index (χ0n) is 18.2. The lowest BCUT2D eigenvalue weighted by molar-refractivity contribution is -0.120. The first-order valence-electron chi connectivity index (χ1n) is 11.2. The minimum atomic E-state index is -0.439. The van der Waals surface area contributed by atoms with Crippen molar-refractivity contribution >= 4 is 29.7 Å². The van der Waals surface area contributed by atoms with Crippen molar-refractivity contribution in [3.05, 3.63) is 48.2 Å².